The third kappa shape index (κ3) is 5.31. The number of piperidine rings is 1. The highest BCUT2D eigenvalue weighted by molar-refractivity contribution is 9.10. The second-order valence-corrected chi connectivity index (χ2v) is 13.1. The quantitative estimate of drug-likeness (QED) is 0.442. The van der Waals surface area contributed by atoms with Crippen LogP contribution in [0.5, 0.6) is 0 Å². The zero-order valence-corrected chi connectivity index (χ0v) is 23.9. The number of benzene rings is 2. The monoisotopic (exact) mass is 577 g/mol. The van der Waals surface area contributed by atoms with Gasteiger partial charge in [0, 0.05) is 49.0 Å². The molecule has 3 saturated heterocycles. The van der Waals surface area contributed by atoms with Crippen molar-refractivity contribution < 1.29 is 9.59 Å². The molecule has 1 aliphatic carbocycles. The van der Waals surface area contributed by atoms with Gasteiger partial charge in [0.15, 0.2) is 0 Å². The van der Waals surface area contributed by atoms with Gasteiger partial charge in [0.1, 0.15) is 0 Å². The van der Waals surface area contributed by atoms with Crippen molar-refractivity contribution in [3.05, 3.63) is 70.2 Å². The number of carbonyl (C=O) groups excluding carboxylic acids is 2. The van der Waals surface area contributed by atoms with E-state index in [4.69, 9.17) is 0 Å². The minimum absolute atomic E-state index is 0.176. The molecule has 2 atom stereocenters. The van der Waals surface area contributed by atoms with E-state index in [9.17, 15) is 9.59 Å². The first-order chi connectivity index (χ1) is 18.5. The summed E-state index contributed by atoms with van der Waals surface area (Å²) in [6.45, 7) is 6.27. The van der Waals surface area contributed by atoms with Crippen LogP contribution >= 0.6 is 15.9 Å². The third-order valence-corrected chi connectivity index (χ3v) is 10.4. The molecular weight excluding hydrogens is 538 g/mol. The molecule has 38 heavy (non-hydrogen) atoms. The van der Waals surface area contributed by atoms with Gasteiger partial charge in [-0.1, -0.05) is 71.2 Å². The summed E-state index contributed by atoms with van der Waals surface area (Å²) in [5, 5.41) is 0. The van der Waals surface area contributed by atoms with Crippen LogP contribution < -0.4 is 0 Å². The van der Waals surface area contributed by atoms with Crippen LogP contribution in [0.4, 0.5) is 0 Å². The van der Waals surface area contributed by atoms with Crippen molar-refractivity contribution >= 4 is 27.7 Å². The molecule has 3 heterocycles. The van der Waals surface area contributed by atoms with Crippen molar-refractivity contribution in [2.75, 3.05) is 39.3 Å². The Labute approximate surface area is 235 Å². The largest absolute Gasteiger partial charge is 0.341 e. The molecule has 0 aromatic heterocycles. The minimum atomic E-state index is -0.176. The minimum Gasteiger partial charge on any atom is -0.341 e. The van der Waals surface area contributed by atoms with Gasteiger partial charge in [0.25, 0.3) is 0 Å². The summed E-state index contributed by atoms with van der Waals surface area (Å²) in [6.07, 6.45) is 7.42. The lowest BCUT2D eigenvalue weighted by Gasteiger charge is -2.39. The first-order valence-corrected chi connectivity index (χ1v) is 15.4. The number of halogens is 1. The number of amides is 2. The Morgan fingerprint density at radius 3 is 2.29 bits per heavy atom. The van der Waals surface area contributed by atoms with Gasteiger partial charge in [-0.15, -0.1) is 0 Å². The number of nitrogens with zero attached hydrogens (tertiary/aromatic N) is 3. The summed E-state index contributed by atoms with van der Waals surface area (Å²) in [7, 11) is 0. The third-order valence-electron chi connectivity index (χ3n) is 9.88. The topological polar surface area (TPSA) is 43.9 Å². The molecule has 1 saturated carbocycles. The highest BCUT2D eigenvalue weighted by Crippen LogP contribution is 2.43. The molecule has 2 amide bonds. The normalized spacial score (nSPS) is 26.1. The SMILES string of the molecule is O=C(C1CCCC1)N1CC(CN2CCC3(CC2)CCN(Cc2ccc(Br)cc2)C3=O)C(c2ccccc2)C1. The van der Waals surface area contributed by atoms with Crippen LogP contribution in [0, 0.1) is 17.3 Å². The number of likely N-dealkylation sites (tertiary alicyclic amines) is 3. The Kier molecular flexibility index (Phi) is 7.63. The Balaban J connectivity index is 1.08. The van der Waals surface area contributed by atoms with Crippen molar-refractivity contribution in [2.24, 2.45) is 17.3 Å². The van der Waals surface area contributed by atoms with Crippen LogP contribution in [0.3, 0.4) is 0 Å². The van der Waals surface area contributed by atoms with E-state index in [1.165, 1.54) is 24.0 Å². The van der Waals surface area contributed by atoms with E-state index in [0.717, 1.165) is 75.8 Å². The Hall–Kier alpha value is -2.18. The molecule has 5 nitrogen and oxygen atoms in total. The molecule has 2 aromatic rings. The highest BCUT2D eigenvalue weighted by atomic mass is 79.9. The first kappa shape index (κ1) is 26.1. The van der Waals surface area contributed by atoms with Crippen LogP contribution in [0.2, 0.25) is 0 Å². The molecule has 2 aromatic carbocycles. The van der Waals surface area contributed by atoms with Gasteiger partial charge in [0.2, 0.25) is 11.8 Å². The molecule has 0 N–H and O–H groups in total. The van der Waals surface area contributed by atoms with Crippen LogP contribution in [-0.2, 0) is 16.1 Å². The maximum absolute atomic E-state index is 13.5. The van der Waals surface area contributed by atoms with E-state index < -0.39 is 0 Å². The van der Waals surface area contributed by atoms with Crippen molar-refractivity contribution in [3.8, 4) is 0 Å². The van der Waals surface area contributed by atoms with E-state index in [0.29, 0.717) is 30.2 Å². The Morgan fingerprint density at radius 2 is 1.58 bits per heavy atom. The summed E-state index contributed by atoms with van der Waals surface area (Å²) in [5.41, 5.74) is 2.38. The van der Waals surface area contributed by atoms with E-state index in [1.807, 2.05) is 0 Å². The van der Waals surface area contributed by atoms with Crippen LogP contribution in [-0.4, -0.2) is 65.8 Å². The number of rotatable bonds is 6. The summed E-state index contributed by atoms with van der Waals surface area (Å²) in [6, 6.07) is 19.1. The molecule has 0 bridgehead atoms. The predicted octanol–water partition coefficient (Wildman–Crippen LogP) is 5.70. The lowest BCUT2D eigenvalue weighted by Crippen LogP contribution is -2.46. The fourth-order valence-electron chi connectivity index (χ4n) is 7.56. The highest BCUT2D eigenvalue weighted by Gasteiger charge is 2.48. The molecule has 6 rings (SSSR count). The average molecular weight is 579 g/mol. The predicted molar refractivity (Wildman–Crippen MR) is 153 cm³/mol. The van der Waals surface area contributed by atoms with Crippen molar-refractivity contribution in [3.63, 3.8) is 0 Å². The van der Waals surface area contributed by atoms with E-state index >= 15 is 0 Å². The molecule has 0 radical (unpaired) electrons. The number of hydrogen-bond acceptors (Lipinski definition) is 3. The first-order valence-electron chi connectivity index (χ1n) is 14.6. The fourth-order valence-corrected chi connectivity index (χ4v) is 7.82. The van der Waals surface area contributed by atoms with Crippen LogP contribution in [0.15, 0.2) is 59.1 Å². The Morgan fingerprint density at radius 1 is 0.895 bits per heavy atom. The van der Waals surface area contributed by atoms with Gasteiger partial charge in [0.05, 0.1) is 5.41 Å². The summed E-state index contributed by atoms with van der Waals surface area (Å²) in [4.78, 5) is 33.7. The van der Waals surface area contributed by atoms with Gasteiger partial charge >= 0.3 is 0 Å². The van der Waals surface area contributed by atoms with Crippen LogP contribution in [0.1, 0.15) is 62.0 Å². The second-order valence-electron chi connectivity index (χ2n) is 12.2. The Bertz CT molecular complexity index is 1120. The van der Waals surface area contributed by atoms with E-state index in [2.05, 4.69) is 85.2 Å². The zero-order valence-electron chi connectivity index (χ0n) is 22.4. The van der Waals surface area contributed by atoms with Gasteiger partial charge in [-0.05, 0) is 74.4 Å². The molecule has 4 fully saturated rings. The molecular formula is C32H40BrN3O2. The number of hydrogen-bond donors (Lipinski definition) is 0. The van der Waals surface area contributed by atoms with E-state index in [1.54, 1.807) is 0 Å². The summed E-state index contributed by atoms with van der Waals surface area (Å²) < 4.78 is 1.07. The molecule has 4 aliphatic rings. The standard InChI is InChI=1S/C32H40BrN3O2/c33-28-12-10-24(11-13-28)20-35-19-16-32(31(35)38)14-17-34(18-15-32)21-27-22-36(30(37)26-8-4-5-9-26)23-29(27)25-6-2-1-3-7-25/h1-3,6-7,10-13,26-27,29H,4-5,8-9,14-23H2. The average Bonchev–Trinajstić information content (AvgIpc) is 3.69. The summed E-state index contributed by atoms with van der Waals surface area (Å²) >= 11 is 3.50. The zero-order chi connectivity index (χ0) is 26.1. The van der Waals surface area contributed by atoms with Crippen molar-refractivity contribution in [1.82, 2.24) is 14.7 Å². The van der Waals surface area contributed by atoms with Gasteiger partial charge in [-0.2, -0.15) is 0 Å². The van der Waals surface area contributed by atoms with Gasteiger partial charge < -0.3 is 14.7 Å². The molecule has 1 spiro atoms. The lowest BCUT2D eigenvalue weighted by molar-refractivity contribution is -0.139. The fraction of sp³-hybridized carbons (Fsp3) is 0.562. The molecule has 6 heteroatoms. The van der Waals surface area contributed by atoms with Crippen LogP contribution in [0.25, 0.3) is 0 Å². The van der Waals surface area contributed by atoms with Crippen molar-refractivity contribution in [1.29, 1.82) is 0 Å². The smallest absolute Gasteiger partial charge is 0.229 e. The maximum atomic E-state index is 13.5. The van der Waals surface area contributed by atoms with E-state index in [-0.39, 0.29) is 11.3 Å². The molecule has 202 valence electrons. The van der Waals surface area contributed by atoms with Gasteiger partial charge in [-0.25, -0.2) is 0 Å². The second kappa shape index (κ2) is 11.1. The summed E-state index contributed by atoms with van der Waals surface area (Å²) in [5.74, 6) is 1.84. The number of carbonyl (C=O) groups is 2. The molecule has 3 aliphatic heterocycles. The molecule has 2 unspecified atom stereocenters. The van der Waals surface area contributed by atoms with Gasteiger partial charge in [-0.3, -0.25) is 9.59 Å². The maximum Gasteiger partial charge on any atom is 0.229 e. The lowest BCUT2D eigenvalue weighted by atomic mass is 9.76. The van der Waals surface area contributed by atoms with Crippen molar-refractivity contribution in [2.45, 2.75) is 57.4 Å².